The molecule has 0 heterocycles. The van der Waals surface area contributed by atoms with Crippen LogP contribution in [0.2, 0.25) is 0 Å². The third-order valence-corrected chi connectivity index (χ3v) is 3.53. The lowest BCUT2D eigenvalue weighted by Gasteiger charge is -2.27. The Balaban J connectivity index is 2.26. The second-order valence-electron chi connectivity index (χ2n) is 4.52. The molecule has 1 saturated carbocycles. The number of hydrogen-bond donors (Lipinski definition) is 0. The Morgan fingerprint density at radius 1 is 1.38 bits per heavy atom. The zero-order chi connectivity index (χ0) is 11.7. The fourth-order valence-corrected chi connectivity index (χ4v) is 2.40. The largest absolute Gasteiger partial charge is 0.333 e. The molecule has 0 atom stereocenters. The van der Waals surface area contributed by atoms with Crippen LogP contribution in [0, 0.1) is 0 Å². The van der Waals surface area contributed by atoms with Crippen molar-refractivity contribution < 1.29 is 4.79 Å². The zero-order valence-corrected chi connectivity index (χ0v) is 11.2. The monoisotopic (exact) mass is 281 g/mol. The Hall–Kier alpha value is -0.830. The van der Waals surface area contributed by atoms with Gasteiger partial charge in [0.2, 0.25) is 0 Å². The molecule has 2 nitrogen and oxygen atoms in total. The lowest BCUT2D eigenvalue weighted by Crippen LogP contribution is -2.38. The van der Waals surface area contributed by atoms with Crippen molar-refractivity contribution in [1.29, 1.82) is 0 Å². The van der Waals surface area contributed by atoms with Crippen molar-refractivity contribution in [2.24, 2.45) is 0 Å². The summed E-state index contributed by atoms with van der Waals surface area (Å²) in [5.74, 6) is 0.143. The van der Waals surface area contributed by atoms with E-state index in [0.29, 0.717) is 6.04 Å². The van der Waals surface area contributed by atoms with Crippen LogP contribution in [-0.4, -0.2) is 22.9 Å². The number of benzene rings is 1. The molecule has 0 spiro atoms. The average molecular weight is 282 g/mol. The minimum atomic E-state index is 0.143. The predicted octanol–water partition coefficient (Wildman–Crippen LogP) is 3.46. The van der Waals surface area contributed by atoms with Crippen molar-refractivity contribution in [3.63, 3.8) is 0 Å². The Morgan fingerprint density at radius 2 is 2.00 bits per heavy atom. The van der Waals surface area contributed by atoms with Crippen LogP contribution in [0.1, 0.15) is 37.0 Å². The smallest absolute Gasteiger partial charge is 0.255 e. The molecule has 0 unspecified atom stereocenters. The second kappa shape index (κ2) is 4.58. The van der Waals surface area contributed by atoms with E-state index in [0.717, 1.165) is 22.9 Å². The quantitative estimate of drug-likeness (QED) is 0.831. The van der Waals surface area contributed by atoms with E-state index in [9.17, 15) is 4.79 Å². The van der Waals surface area contributed by atoms with Gasteiger partial charge in [0.05, 0.1) is 5.56 Å². The molecule has 0 saturated heterocycles. The highest BCUT2D eigenvalue weighted by atomic mass is 79.9. The maximum absolute atomic E-state index is 12.4. The molecule has 0 aromatic heterocycles. The van der Waals surface area contributed by atoms with Crippen LogP contribution in [0.25, 0.3) is 0 Å². The van der Waals surface area contributed by atoms with E-state index in [1.807, 2.05) is 29.2 Å². The molecular formula is C13H16BrNO. The zero-order valence-electron chi connectivity index (χ0n) is 9.61. The number of hydrogen-bond acceptors (Lipinski definition) is 1. The molecule has 2 rings (SSSR count). The summed E-state index contributed by atoms with van der Waals surface area (Å²) in [5.41, 5.74) is 0.767. The van der Waals surface area contributed by atoms with Crippen molar-refractivity contribution in [2.45, 2.75) is 38.8 Å². The summed E-state index contributed by atoms with van der Waals surface area (Å²) in [7, 11) is 0. The summed E-state index contributed by atoms with van der Waals surface area (Å²) in [4.78, 5) is 14.4. The maximum atomic E-state index is 12.4. The van der Waals surface area contributed by atoms with Gasteiger partial charge >= 0.3 is 0 Å². The normalized spacial score (nSPS) is 15.2. The van der Waals surface area contributed by atoms with E-state index in [1.54, 1.807) is 0 Å². The van der Waals surface area contributed by atoms with Gasteiger partial charge in [-0.05, 0) is 54.8 Å². The van der Waals surface area contributed by atoms with Crippen molar-refractivity contribution in [3.8, 4) is 0 Å². The molecule has 0 aliphatic heterocycles. The molecule has 1 aromatic rings. The van der Waals surface area contributed by atoms with Crippen LogP contribution in [0.3, 0.4) is 0 Å². The molecular weight excluding hydrogens is 266 g/mol. The van der Waals surface area contributed by atoms with E-state index < -0.39 is 0 Å². The molecule has 16 heavy (non-hydrogen) atoms. The number of rotatable bonds is 3. The summed E-state index contributed by atoms with van der Waals surface area (Å²) in [6, 6.07) is 8.36. The average Bonchev–Trinajstić information content (AvgIpc) is 3.02. The fourth-order valence-electron chi connectivity index (χ4n) is 1.95. The van der Waals surface area contributed by atoms with Crippen LogP contribution in [-0.2, 0) is 0 Å². The standard InChI is InChI=1S/C13H16BrNO/c1-9(2)15(10-7-8-10)13(16)11-5-3-4-6-12(11)14/h3-6,9-10H,7-8H2,1-2H3. The van der Waals surface area contributed by atoms with Gasteiger partial charge in [-0.25, -0.2) is 0 Å². The van der Waals surface area contributed by atoms with Crippen molar-refractivity contribution in [1.82, 2.24) is 4.90 Å². The van der Waals surface area contributed by atoms with E-state index in [4.69, 9.17) is 0 Å². The highest BCUT2D eigenvalue weighted by molar-refractivity contribution is 9.10. The third kappa shape index (κ3) is 2.29. The van der Waals surface area contributed by atoms with E-state index in [-0.39, 0.29) is 11.9 Å². The van der Waals surface area contributed by atoms with Crippen LogP contribution in [0.4, 0.5) is 0 Å². The van der Waals surface area contributed by atoms with Crippen LogP contribution < -0.4 is 0 Å². The summed E-state index contributed by atoms with van der Waals surface area (Å²) in [6.45, 7) is 4.15. The van der Waals surface area contributed by atoms with Gasteiger partial charge in [0.15, 0.2) is 0 Å². The molecule has 0 radical (unpaired) electrons. The number of nitrogens with zero attached hydrogens (tertiary/aromatic N) is 1. The Labute approximate surface area is 105 Å². The van der Waals surface area contributed by atoms with E-state index in [1.165, 1.54) is 0 Å². The lowest BCUT2D eigenvalue weighted by molar-refractivity contribution is 0.0689. The van der Waals surface area contributed by atoms with E-state index >= 15 is 0 Å². The van der Waals surface area contributed by atoms with Gasteiger partial charge in [0, 0.05) is 16.6 Å². The molecule has 1 aliphatic carbocycles. The number of carbonyl (C=O) groups excluding carboxylic acids is 1. The third-order valence-electron chi connectivity index (χ3n) is 2.84. The molecule has 0 N–H and O–H groups in total. The summed E-state index contributed by atoms with van der Waals surface area (Å²) in [6.07, 6.45) is 2.29. The van der Waals surface area contributed by atoms with Gasteiger partial charge in [0.1, 0.15) is 0 Å². The number of carbonyl (C=O) groups is 1. The molecule has 1 amide bonds. The second-order valence-corrected chi connectivity index (χ2v) is 5.37. The maximum Gasteiger partial charge on any atom is 0.255 e. The minimum absolute atomic E-state index is 0.143. The van der Waals surface area contributed by atoms with Crippen molar-refractivity contribution in [3.05, 3.63) is 34.3 Å². The van der Waals surface area contributed by atoms with Crippen molar-refractivity contribution in [2.75, 3.05) is 0 Å². The Kier molecular flexibility index (Phi) is 3.33. The summed E-state index contributed by atoms with van der Waals surface area (Å²) >= 11 is 3.44. The molecule has 3 heteroatoms. The Morgan fingerprint density at radius 3 is 2.50 bits per heavy atom. The van der Waals surface area contributed by atoms with Crippen LogP contribution in [0.15, 0.2) is 28.7 Å². The summed E-state index contributed by atoms with van der Waals surface area (Å²) < 4.78 is 0.881. The predicted molar refractivity (Wildman–Crippen MR) is 68.5 cm³/mol. The molecule has 1 aliphatic rings. The SMILES string of the molecule is CC(C)N(C(=O)c1ccccc1Br)C1CC1. The van der Waals surface area contributed by atoms with Crippen LogP contribution >= 0.6 is 15.9 Å². The van der Waals surface area contributed by atoms with E-state index in [2.05, 4.69) is 29.8 Å². The first-order valence-electron chi connectivity index (χ1n) is 5.68. The van der Waals surface area contributed by atoms with Crippen molar-refractivity contribution >= 4 is 21.8 Å². The fraction of sp³-hybridized carbons (Fsp3) is 0.462. The van der Waals surface area contributed by atoms with Gasteiger partial charge in [-0.2, -0.15) is 0 Å². The first-order valence-corrected chi connectivity index (χ1v) is 6.47. The van der Waals surface area contributed by atoms with Gasteiger partial charge in [-0.1, -0.05) is 12.1 Å². The molecule has 86 valence electrons. The highest BCUT2D eigenvalue weighted by Gasteiger charge is 2.35. The molecule has 1 aromatic carbocycles. The highest BCUT2D eigenvalue weighted by Crippen LogP contribution is 2.31. The van der Waals surface area contributed by atoms with Gasteiger partial charge in [-0.3, -0.25) is 4.79 Å². The first kappa shape index (κ1) is 11.6. The Bertz CT molecular complexity index is 397. The summed E-state index contributed by atoms with van der Waals surface area (Å²) in [5, 5.41) is 0. The molecule has 0 bridgehead atoms. The van der Waals surface area contributed by atoms with Crippen LogP contribution in [0.5, 0.6) is 0 Å². The molecule has 1 fully saturated rings. The lowest BCUT2D eigenvalue weighted by atomic mass is 10.1. The van der Waals surface area contributed by atoms with Gasteiger partial charge in [0.25, 0.3) is 5.91 Å². The van der Waals surface area contributed by atoms with Gasteiger partial charge in [-0.15, -0.1) is 0 Å². The number of amides is 1. The van der Waals surface area contributed by atoms with Gasteiger partial charge < -0.3 is 4.90 Å². The minimum Gasteiger partial charge on any atom is -0.333 e. The first-order chi connectivity index (χ1) is 7.61. The topological polar surface area (TPSA) is 20.3 Å². The number of halogens is 1.